The second-order valence-corrected chi connectivity index (χ2v) is 8.14. The van der Waals surface area contributed by atoms with E-state index in [2.05, 4.69) is 18.2 Å². The van der Waals surface area contributed by atoms with Crippen LogP contribution < -0.4 is 0 Å². The van der Waals surface area contributed by atoms with Crippen LogP contribution in [0.25, 0.3) is 0 Å². The van der Waals surface area contributed by atoms with E-state index in [9.17, 15) is 19.5 Å². The van der Waals surface area contributed by atoms with E-state index in [1.165, 1.54) is 4.90 Å². The molecule has 0 spiro atoms. The number of rotatable bonds is 5. The van der Waals surface area contributed by atoms with Gasteiger partial charge in [0.25, 0.3) is 0 Å². The summed E-state index contributed by atoms with van der Waals surface area (Å²) in [5, 5.41) is 9.19. The number of piperidine rings is 1. The average molecular weight is 372 g/mol. The number of hydrogen-bond donors (Lipinski definition) is 1. The minimum absolute atomic E-state index is 0.00226. The highest BCUT2D eigenvalue weighted by molar-refractivity contribution is 5.94. The van der Waals surface area contributed by atoms with Crippen molar-refractivity contribution in [1.82, 2.24) is 9.80 Å². The summed E-state index contributed by atoms with van der Waals surface area (Å²) in [5.74, 6) is -1.56. The molecule has 1 aliphatic carbocycles. The lowest BCUT2D eigenvalue weighted by Gasteiger charge is -2.32. The summed E-state index contributed by atoms with van der Waals surface area (Å²) in [5.41, 5.74) is 2.80. The van der Waals surface area contributed by atoms with Gasteiger partial charge in [0, 0.05) is 20.1 Å². The van der Waals surface area contributed by atoms with E-state index in [4.69, 9.17) is 0 Å². The number of aliphatic carboxylic acids is 1. The lowest BCUT2D eigenvalue weighted by atomic mass is 9.91. The number of likely N-dealkylation sites (tertiary alicyclic amines) is 1. The molecule has 1 unspecified atom stereocenters. The molecule has 2 fully saturated rings. The fraction of sp³-hybridized carbons (Fsp3) is 0.571. The van der Waals surface area contributed by atoms with E-state index in [1.807, 2.05) is 13.8 Å². The quantitative estimate of drug-likeness (QED) is 0.859. The smallest absolute Gasteiger partial charge is 0.308 e. The van der Waals surface area contributed by atoms with Gasteiger partial charge in [-0.3, -0.25) is 14.4 Å². The average Bonchev–Trinajstić information content (AvgIpc) is 3.42. The summed E-state index contributed by atoms with van der Waals surface area (Å²) < 4.78 is 0. The zero-order valence-corrected chi connectivity index (χ0v) is 16.3. The van der Waals surface area contributed by atoms with Crippen molar-refractivity contribution in [1.29, 1.82) is 0 Å². The van der Waals surface area contributed by atoms with Crippen molar-refractivity contribution >= 4 is 17.8 Å². The Morgan fingerprint density at radius 3 is 2.37 bits per heavy atom. The fourth-order valence-corrected chi connectivity index (χ4v) is 4.15. The van der Waals surface area contributed by atoms with E-state index < -0.39 is 17.3 Å². The molecular formula is C21H28N2O4. The molecule has 1 N–H and O–H groups in total. The second kappa shape index (κ2) is 7.33. The van der Waals surface area contributed by atoms with Gasteiger partial charge in [0.15, 0.2) is 0 Å². The van der Waals surface area contributed by atoms with E-state index in [1.54, 1.807) is 11.9 Å². The number of carbonyl (C=O) groups excluding carboxylic acids is 2. The molecule has 1 aromatic carbocycles. The van der Waals surface area contributed by atoms with Gasteiger partial charge in [-0.15, -0.1) is 0 Å². The van der Waals surface area contributed by atoms with Gasteiger partial charge in [0.05, 0.1) is 17.9 Å². The number of carbonyl (C=O) groups is 3. The molecule has 27 heavy (non-hydrogen) atoms. The number of carboxylic acid groups (broad SMARTS) is 1. The molecule has 1 atom stereocenters. The van der Waals surface area contributed by atoms with Crippen LogP contribution in [0.2, 0.25) is 0 Å². The van der Waals surface area contributed by atoms with E-state index >= 15 is 0 Å². The van der Waals surface area contributed by atoms with Crippen molar-refractivity contribution < 1.29 is 19.5 Å². The van der Waals surface area contributed by atoms with Gasteiger partial charge in [-0.2, -0.15) is 0 Å². The van der Waals surface area contributed by atoms with E-state index in [0.717, 1.165) is 29.5 Å². The van der Waals surface area contributed by atoms with Gasteiger partial charge in [-0.05, 0) is 45.1 Å². The number of carboxylic acids is 1. The van der Waals surface area contributed by atoms with Crippen LogP contribution in [0.15, 0.2) is 18.2 Å². The maximum absolute atomic E-state index is 13.1. The number of amides is 2. The Morgan fingerprint density at radius 2 is 1.81 bits per heavy atom. The van der Waals surface area contributed by atoms with Crippen molar-refractivity contribution in [3.8, 4) is 0 Å². The van der Waals surface area contributed by atoms with Gasteiger partial charge in [0.1, 0.15) is 0 Å². The van der Waals surface area contributed by atoms with E-state index in [0.29, 0.717) is 19.4 Å². The van der Waals surface area contributed by atoms with Crippen LogP contribution in [0.3, 0.4) is 0 Å². The molecule has 1 heterocycles. The van der Waals surface area contributed by atoms with Crippen LogP contribution >= 0.6 is 0 Å². The summed E-state index contributed by atoms with van der Waals surface area (Å²) in [6.07, 6.45) is 2.90. The van der Waals surface area contributed by atoms with Crippen LogP contribution in [0.4, 0.5) is 0 Å². The molecule has 0 bridgehead atoms. The Labute approximate surface area is 160 Å². The third-order valence-corrected chi connectivity index (χ3v) is 5.78. The highest BCUT2D eigenvalue weighted by Crippen LogP contribution is 2.49. The predicted molar refractivity (Wildman–Crippen MR) is 101 cm³/mol. The monoisotopic (exact) mass is 372 g/mol. The number of hydrogen-bond acceptors (Lipinski definition) is 3. The zero-order valence-electron chi connectivity index (χ0n) is 16.3. The van der Waals surface area contributed by atoms with Crippen molar-refractivity contribution in [2.75, 3.05) is 26.7 Å². The number of nitrogens with zero attached hydrogens (tertiary/aromatic N) is 2. The number of aryl methyl sites for hydroxylation is 2. The minimum Gasteiger partial charge on any atom is -0.481 e. The molecule has 1 saturated carbocycles. The Bertz CT molecular complexity index is 749. The molecule has 6 nitrogen and oxygen atoms in total. The zero-order chi connectivity index (χ0) is 19.8. The lowest BCUT2D eigenvalue weighted by molar-refractivity contribution is -0.147. The standard InChI is InChI=1S/C21H28N2O4/c1-14-9-15(2)11-17(10-14)21(6-7-21)20(27)22(3)13-18(24)23-8-4-5-16(12-23)19(25)26/h9-11,16H,4-8,12-13H2,1-3H3,(H,25,26). The normalized spacial score (nSPS) is 20.9. The molecule has 3 rings (SSSR count). The number of benzene rings is 1. The third kappa shape index (κ3) is 3.99. The van der Waals surface area contributed by atoms with Crippen molar-refractivity contribution in [3.05, 3.63) is 34.9 Å². The lowest BCUT2D eigenvalue weighted by Crippen LogP contribution is -2.48. The van der Waals surface area contributed by atoms with Crippen LogP contribution in [0.5, 0.6) is 0 Å². The fourth-order valence-electron chi connectivity index (χ4n) is 4.15. The molecule has 146 valence electrons. The first kappa shape index (κ1) is 19.4. The summed E-state index contributed by atoms with van der Waals surface area (Å²) in [6, 6.07) is 6.22. The molecule has 0 aromatic heterocycles. The molecule has 1 aliphatic heterocycles. The third-order valence-electron chi connectivity index (χ3n) is 5.78. The first-order chi connectivity index (χ1) is 12.7. The number of likely N-dealkylation sites (N-methyl/N-ethyl adjacent to an activating group) is 1. The minimum atomic E-state index is -0.858. The summed E-state index contributed by atoms with van der Waals surface area (Å²) in [7, 11) is 1.67. The maximum atomic E-state index is 13.1. The molecule has 1 aromatic rings. The summed E-state index contributed by atoms with van der Waals surface area (Å²) in [6.45, 7) is 4.85. The van der Waals surface area contributed by atoms with Crippen molar-refractivity contribution in [2.24, 2.45) is 5.92 Å². The van der Waals surface area contributed by atoms with Crippen LogP contribution in [-0.4, -0.2) is 59.4 Å². The first-order valence-corrected chi connectivity index (χ1v) is 9.58. The summed E-state index contributed by atoms with van der Waals surface area (Å²) >= 11 is 0. The summed E-state index contributed by atoms with van der Waals surface area (Å²) in [4.78, 5) is 40.0. The molecule has 1 saturated heterocycles. The Kier molecular flexibility index (Phi) is 5.27. The molecular weight excluding hydrogens is 344 g/mol. The van der Waals surface area contributed by atoms with Gasteiger partial charge in [-0.1, -0.05) is 29.3 Å². The van der Waals surface area contributed by atoms with E-state index in [-0.39, 0.29) is 24.9 Å². The van der Waals surface area contributed by atoms with Crippen LogP contribution in [-0.2, 0) is 19.8 Å². The van der Waals surface area contributed by atoms with Gasteiger partial charge in [-0.25, -0.2) is 0 Å². The highest BCUT2D eigenvalue weighted by atomic mass is 16.4. The van der Waals surface area contributed by atoms with Crippen molar-refractivity contribution in [3.63, 3.8) is 0 Å². The highest BCUT2D eigenvalue weighted by Gasteiger charge is 2.52. The predicted octanol–water partition coefficient (Wildman–Crippen LogP) is 2.12. The molecule has 0 radical (unpaired) electrons. The Hall–Kier alpha value is -2.37. The SMILES string of the molecule is Cc1cc(C)cc(C2(C(=O)N(C)CC(=O)N3CCCC(C(=O)O)C3)CC2)c1. The molecule has 2 amide bonds. The van der Waals surface area contributed by atoms with Gasteiger partial charge in [0.2, 0.25) is 11.8 Å². The largest absolute Gasteiger partial charge is 0.481 e. The topological polar surface area (TPSA) is 77.9 Å². The first-order valence-electron chi connectivity index (χ1n) is 9.58. The maximum Gasteiger partial charge on any atom is 0.308 e. The van der Waals surface area contributed by atoms with Crippen LogP contribution in [0.1, 0.15) is 42.4 Å². The molecule has 2 aliphatic rings. The van der Waals surface area contributed by atoms with Gasteiger partial charge >= 0.3 is 5.97 Å². The van der Waals surface area contributed by atoms with Gasteiger partial charge < -0.3 is 14.9 Å². The Morgan fingerprint density at radius 1 is 1.19 bits per heavy atom. The van der Waals surface area contributed by atoms with Crippen molar-refractivity contribution in [2.45, 2.75) is 44.9 Å². The second-order valence-electron chi connectivity index (χ2n) is 8.14. The molecule has 6 heteroatoms. The Balaban J connectivity index is 1.67. The van der Waals surface area contributed by atoms with Crippen LogP contribution in [0, 0.1) is 19.8 Å².